The summed E-state index contributed by atoms with van der Waals surface area (Å²) in [6, 6.07) is 11.6. The maximum atomic E-state index is 12.9. The summed E-state index contributed by atoms with van der Waals surface area (Å²) in [6.45, 7) is 6.71. The van der Waals surface area contributed by atoms with Crippen molar-refractivity contribution in [2.75, 3.05) is 18.4 Å². The predicted octanol–water partition coefficient (Wildman–Crippen LogP) is 3.83. The van der Waals surface area contributed by atoms with Crippen molar-refractivity contribution in [2.24, 2.45) is 5.92 Å². The van der Waals surface area contributed by atoms with Crippen LogP contribution in [0.4, 0.5) is 5.69 Å². The van der Waals surface area contributed by atoms with Gasteiger partial charge in [-0.15, -0.1) is 0 Å². The largest absolute Gasteiger partial charge is 0.495 e. The lowest BCUT2D eigenvalue weighted by molar-refractivity contribution is 0.0951. The van der Waals surface area contributed by atoms with Gasteiger partial charge in [-0.05, 0) is 54.7 Å². The topological polar surface area (TPSA) is 84.5 Å². The standard InChI is InChI=1S/C21H28N2O4S/c1-5-16-6-9-18(10-7-16)23-28(25,26)20-14-17(8-11-19(20)27-4)21(24)22-13-12-15(2)3/h6-11,14-15,23H,5,12-13H2,1-4H3,(H,22,24). The van der Waals surface area contributed by atoms with E-state index in [2.05, 4.69) is 23.9 Å². The van der Waals surface area contributed by atoms with E-state index in [1.165, 1.54) is 19.2 Å². The maximum Gasteiger partial charge on any atom is 0.265 e. The fourth-order valence-electron chi connectivity index (χ4n) is 2.62. The second-order valence-corrected chi connectivity index (χ2v) is 8.61. The van der Waals surface area contributed by atoms with Crippen molar-refractivity contribution in [3.63, 3.8) is 0 Å². The molecule has 0 saturated carbocycles. The minimum absolute atomic E-state index is 0.0777. The highest BCUT2D eigenvalue weighted by atomic mass is 32.2. The van der Waals surface area contributed by atoms with Gasteiger partial charge in [0.05, 0.1) is 7.11 Å². The normalized spacial score (nSPS) is 11.3. The van der Waals surface area contributed by atoms with Crippen LogP contribution >= 0.6 is 0 Å². The number of hydrogen-bond donors (Lipinski definition) is 2. The van der Waals surface area contributed by atoms with Crippen LogP contribution in [0.2, 0.25) is 0 Å². The van der Waals surface area contributed by atoms with E-state index >= 15 is 0 Å². The molecule has 1 amide bonds. The first-order valence-corrected chi connectivity index (χ1v) is 10.8. The Hall–Kier alpha value is -2.54. The number of amides is 1. The number of nitrogens with one attached hydrogen (secondary N) is 2. The van der Waals surface area contributed by atoms with Crippen molar-refractivity contribution in [1.29, 1.82) is 0 Å². The smallest absolute Gasteiger partial charge is 0.265 e. The number of rotatable bonds is 9. The molecule has 0 aliphatic heterocycles. The zero-order chi connectivity index (χ0) is 20.7. The first kappa shape index (κ1) is 21.8. The summed E-state index contributed by atoms with van der Waals surface area (Å²) >= 11 is 0. The van der Waals surface area contributed by atoms with Gasteiger partial charge >= 0.3 is 0 Å². The van der Waals surface area contributed by atoms with Crippen LogP contribution < -0.4 is 14.8 Å². The first-order chi connectivity index (χ1) is 13.3. The Labute approximate surface area is 167 Å². The summed E-state index contributed by atoms with van der Waals surface area (Å²) in [5.74, 6) is 0.332. The van der Waals surface area contributed by atoms with Gasteiger partial charge in [0.1, 0.15) is 10.6 Å². The minimum atomic E-state index is -3.92. The third kappa shape index (κ3) is 5.73. The molecule has 0 bridgehead atoms. The van der Waals surface area contributed by atoms with E-state index in [0.29, 0.717) is 18.2 Å². The van der Waals surface area contributed by atoms with Gasteiger partial charge in [-0.1, -0.05) is 32.9 Å². The molecule has 0 spiro atoms. The number of carbonyl (C=O) groups is 1. The van der Waals surface area contributed by atoms with Crippen molar-refractivity contribution in [3.05, 3.63) is 53.6 Å². The van der Waals surface area contributed by atoms with Crippen molar-refractivity contribution >= 4 is 21.6 Å². The van der Waals surface area contributed by atoms with Gasteiger partial charge in [-0.2, -0.15) is 0 Å². The predicted molar refractivity (Wildman–Crippen MR) is 111 cm³/mol. The first-order valence-electron chi connectivity index (χ1n) is 9.34. The van der Waals surface area contributed by atoms with Gasteiger partial charge in [-0.3, -0.25) is 9.52 Å². The lowest BCUT2D eigenvalue weighted by Gasteiger charge is -2.14. The average Bonchev–Trinajstić information content (AvgIpc) is 2.67. The number of sulfonamides is 1. The number of carbonyl (C=O) groups excluding carboxylic acids is 1. The summed E-state index contributed by atoms with van der Waals surface area (Å²) in [4.78, 5) is 12.3. The highest BCUT2D eigenvalue weighted by Gasteiger charge is 2.22. The van der Waals surface area contributed by atoms with Crippen molar-refractivity contribution in [2.45, 2.75) is 38.5 Å². The lowest BCUT2D eigenvalue weighted by atomic mass is 10.1. The molecule has 28 heavy (non-hydrogen) atoms. The summed E-state index contributed by atoms with van der Waals surface area (Å²) < 4.78 is 33.5. The number of anilines is 1. The van der Waals surface area contributed by atoms with Crippen LogP contribution in [-0.2, 0) is 16.4 Å². The molecule has 0 heterocycles. The van der Waals surface area contributed by atoms with Crippen molar-refractivity contribution in [3.8, 4) is 5.75 Å². The van der Waals surface area contributed by atoms with E-state index in [-0.39, 0.29) is 22.1 Å². The molecule has 0 atom stereocenters. The lowest BCUT2D eigenvalue weighted by Crippen LogP contribution is -2.25. The highest BCUT2D eigenvalue weighted by Crippen LogP contribution is 2.27. The zero-order valence-electron chi connectivity index (χ0n) is 16.8. The number of methoxy groups -OCH3 is 1. The van der Waals surface area contributed by atoms with Crippen LogP contribution in [0, 0.1) is 5.92 Å². The van der Waals surface area contributed by atoms with E-state index in [1.807, 2.05) is 19.1 Å². The number of ether oxygens (including phenoxy) is 1. The van der Waals surface area contributed by atoms with E-state index in [1.54, 1.807) is 18.2 Å². The Morgan fingerprint density at radius 1 is 1.11 bits per heavy atom. The van der Waals surface area contributed by atoms with Gasteiger partial charge in [0.15, 0.2) is 0 Å². The average molecular weight is 405 g/mol. The SMILES string of the molecule is CCc1ccc(NS(=O)(=O)c2cc(C(=O)NCCC(C)C)ccc2OC)cc1. The van der Waals surface area contributed by atoms with E-state index in [0.717, 1.165) is 18.4 Å². The van der Waals surface area contributed by atoms with Crippen LogP contribution in [0.3, 0.4) is 0 Å². The van der Waals surface area contributed by atoms with Crippen molar-refractivity contribution in [1.82, 2.24) is 5.32 Å². The van der Waals surface area contributed by atoms with Gasteiger partial charge in [0.25, 0.3) is 15.9 Å². The Bertz CT molecular complexity index is 907. The maximum absolute atomic E-state index is 12.9. The highest BCUT2D eigenvalue weighted by molar-refractivity contribution is 7.92. The molecule has 0 aliphatic carbocycles. The quantitative estimate of drug-likeness (QED) is 0.665. The molecule has 2 rings (SSSR count). The number of hydrogen-bond acceptors (Lipinski definition) is 4. The van der Waals surface area contributed by atoms with Gasteiger partial charge in [0, 0.05) is 17.8 Å². The molecule has 2 aromatic rings. The second kappa shape index (κ2) is 9.59. The van der Waals surface area contributed by atoms with Crippen LogP contribution in [0.15, 0.2) is 47.4 Å². The van der Waals surface area contributed by atoms with Crippen LogP contribution in [0.1, 0.15) is 43.1 Å². The molecule has 6 nitrogen and oxygen atoms in total. The Kier molecular flexibility index (Phi) is 7.45. The molecule has 0 radical (unpaired) electrons. The third-order valence-electron chi connectivity index (χ3n) is 4.34. The number of aryl methyl sites for hydroxylation is 1. The molecule has 0 unspecified atom stereocenters. The van der Waals surface area contributed by atoms with Gasteiger partial charge < -0.3 is 10.1 Å². The molecule has 2 N–H and O–H groups in total. The molecule has 0 fully saturated rings. The molecule has 0 aliphatic rings. The van der Waals surface area contributed by atoms with Gasteiger partial charge in [0.2, 0.25) is 0 Å². The molecule has 0 aromatic heterocycles. The van der Waals surface area contributed by atoms with Gasteiger partial charge in [-0.25, -0.2) is 8.42 Å². The molecule has 0 saturated heterocycles. The van der Waals surface area contributed by atoms with Crippen LogP contribution in [0.25, 0.3) is 0 Å². The fourth-order valence-corrected chi connectivity index (χ4v) is 3.88. The monoisotopic (exact) mass is 404 g/mol. The summed E-state index contributed by atoms with van der Waals surface area (Å²) in [5, 5.41) is 2.81. The van der Waals surface area contributed by atoms with E-state index in [9.17, 15) is 13.2 Å². The minimum Gasteiger partial charge on any atom is -0.495 e. The Morgan fingerprint density at radius 2 is 1.79 bits per heavy atom. The van der Waals surface area contributed by atoms with Crippen LogP contribution in [-0.4, -0.2) is 28.0 Å². The Balaban J connectivity index is 2.26. The van der Waals surface area contributed by atoms with Crippen LogP contribution in [0.5, 0.6) is 5.75 Å². The molecule has 7 heteroatoms. The second-order valence-electron chi connectivity index (χ2n) is 6.96. The summed E-state index contributed by atoms with van der Waals surface area (Å²) in [6.07, 6.45) is 1.72. The fraction of sp³-hybridized carbons (Fsp3) is 0.381. The van der Waals surface area contributed by atoms with E-state index < -0.39 is 10.0 Å². The third-order valence-corrected chi connectivity index (χ3v) is 5.74. The summed E-state index contributed by atoms with van der Waals surface area (Å²) in [5.41, 5.74) is 1.83. The molecular weight excluding hydrogens is 376 g/mol. The molecule has 2 aromatic carbocycles. The van der Waals surface area contributed by atoms with E-state index in [4.69, 9.17) is 4.74 Å². The Morgan fingerprint density at radius 3 is 2.36 bits per heavy atom. The molecular formula is C21H28N2O4S. The number of benzene rings is 2. The van der Waals surface area contributed by atoms with Crippen molar-refractivity contribution < 1.29 is 17.9 Å². The summed E-state index contributed by atoms with van der Waals surface area (Å²) in [7, 11) is -2.53. The zero-order valence-corrected chi connectivity index (χ0v) is 17.6. The molecule has 152 valence electrons.